The minimum absolute atomic E-state index is 0.0166. The van der Waals surface area contributed by atoms with E-state index in [1.54, 1.807) is 6.33 Å². The number of piperazine rings is 1. The maximum atomic E-state index is 13.2. The lowest BCUT2D eigenvalue weighted by atomic mass is 9.97. The number of nitrogens with zero attached hydrogens (tertiary/aromatic N) is 7. The van der Waals surface area contributed by atoms with Crippen LogP contribution in [0.2, 0.25) is 0 Å². The highest BCUT2D eigenvalue weighted by molar-refractivity contribution is 5.85. The first-order chi connectivity index (χ1) is 19.6. The molecule has 9 heteroatoms. The summed E-state index contributed by atoms with van der Waals surface area (Å²) in [5.74, 6) is 2.18. The Labute approximate surface area is 238 Å². The summed E-state index contributed by atoms with van der Waals surface area (Å²) in [4.78, 5) is 34.7. The lowest BCUT2D eigenvalue weighted by Crippen LogP contribution is -2.52. The zero-order valence-corrected chi connectivity index (χ0v) is 24.2. The minimum atomic E-state index is -0.0166. The summed E-state index contributed by atoms with van der Waals surface area (Å²) in [5, 5.41) is 3.24. The molecule has 0 unspecified atom stereocenters. The van der Waals surface area contributed by atoms with E-state index in [-0.39, 0.29) is 11.8 Å². The first-order valence-electron chi connectivity index (χ1n) is 15.4. The van der Waals surface area contributed by atoms with Crippen molar-refractivity contribution in [3.8, 4) is 0 Å². The molecule has 3 aliphatic rings. The number of carbonyl (C=O) groups is 1. The second-order valence-electron chi connectivity index (χ2n) is 12.0. The second-order valence-corrected chi connectivity index (χ2v) is 12.0. The normalized spacial score (nSPS) is 22.2. The van der Waals surface area contributed by atoms with E-state index in [1.807, 2.05) is 0 Å². The van der Waals surface area contributed by atoms with E-state index in [0.29, 0.717) is 12.6 Å². The van der Waals surface area contributed by atoms with Gasteiger partial charge in [-0.15, -0.1) is 0 Å². The van der Waals surface area contributed by atoms with E-state index < -0.39 is 0 Å². The van der Waals surface area contributed by atoms with Gasteiger partial charge in [-0.2, -0.15) is 0 Å². The smallest absolute Gasteiger partial charge is 0.224 e. The molecule has 0 spiro atoms. The van der Waals surface area contributed by atoms with E-state index in [1.165, 1.54) is 30.5 Å². The number of hydrogen-bond donors (Lipinski definition) is 1. The van der Waals surface area contributed by atoms with Gasteiger partial charge in [-0.3, -0.25) is 9.69 Å². The lowest BCUT2D eigenvalue weighted by Gasteiger charge is -2.41. The number of carbonyl (C=O) groups excluding carboxylic acids is 1. The Morgan fingerprint density at radius 3 is 2.85 bits per heavy atom. The Morgan fingerprint density at radius 1 is 1.05 bits per heavy atom. The molecule has 0 bridgehead atoms. The molecule has 0 saturated carbocycles. The maximum Gasteiger partial charge on any atom is 0.224 e. The average molecular weight is 545 g/mol. The number of hydrogen-bond acceptors (Lipinski definition) is 7. The predicted molar refractivity (Wildman–Crippen MR) is 160 cm³/mol. The molecule has 2 atom stereocenters. The van der Waals surface area contributed by atoms with Crippen LogP contribution in [0.1, 0.15) is 56.8 Å². The van der Waals surface area contributed by atoms with Gasteiger partial charge in [0.25, 0.3) is 0 Å². The van der Waals surface area contributed by atoms with Gasteiger partial charge in [0.15, 0.2) is 17.0 Å². The number of benzene rings is 1. The zero-order chi connectivity index (χ0) is 27.5. The van der Waals surface area contributed by atoms with E-state index in [9.17, 15) is 4.79 Å². The van der Waals surface area contributed by atoms with Crippen LogP contribution >= 0.6 is 0 Å². The molecule has 0 radical (unpaired) electrons. The van der Waals surface area contributed by atoms with Crippen LogP contribution < -0.4 is 15.1 Å². The van der Waals surface area contributed by atoms with Crippen molar-refractivity contribution in [1.29, 1.82) is 0 Å². The summed E-state index contributed by atoms with van der Waals surface area (Å²) in [7, 11) is 0. The van der Waals surface area contributed by atoms with Crippen LogP contribution in [0.3, 0.4) is 0 Å². The number of piperidine rings is 1. The highest BCUT2D eigenvalue weighted by atomic mass is 16.1. The molecule has 1 N–H and O–H groups in total. The number of anilines is 2. The molecule has 40 heavy (non-hydrogen) atoms. The van der Waals surface area contributed by atoms with E-state index >= 15 is 0 Å². The molecule has 9 nitrogen and oxygen atoms in total. The van der Waals surface area contributed by atoms with Crippen molar-refractivity contribution in [2.24, 2.45) is 5.92 Å². The molecule has 1 amide bonds. The number of rotatable bonds is 7. The van der Waals surface area contributed by atoms with Gasteiger partial charge in [0.1, 0.15) is 12.2 Å². The van der Waals surface area contributed by atoms with Gasteiger partial charge in [0.2, 0.25) is 5.91 Å². The van der Waals surface area contributed by atoms with Crippen LogP contribution in [0.25, 0.3) is 11.2 Å². The van der Waals surface area contributed by atoms with Crippen molar-refractivity contribution in [3.05, 3.63) is 42.0 Å². The van der Waals surface area contributed by atoms with Gasteiger partial charge >= 0.3 is 0 Å². The first kappa shape index (κ1) is 27.0. The fourth-order valence-corrected chi connectivity index (χ4v) is 6.83. The standard InChI is InChI=1S/C31H44N8O/c1-23-9-6-11-26(19-23)38-18-17-36(20-24(38)2)14-8-13-32-31(40)25-10-7-15-37(21-25)29-28-30(34-22-33-29)39-16-5-3-4-12-27(39)35-28/h6,9,11,19,22,24-25H,3-5,7-8,10,12-18,20-21H2,1-2H3,(H,32,40)/t24-,25-/m0/s1. The molecule has 3 aromatic rings. The van der Waals surface area contributed by atoms with Gasteiger partial charge in [-0.1, -0.05) is 18.6 Å². The van der Waals surface area contributed by atoms with Crippen molar-refractivity contribution in [2.75, 3.05) is 55.6 Å². The van der Waals surface area contributed by atoms with Crippen molar-refractivity contribution < 1.29 is 4.79 Å². The molecule has 1 aromatic carbocycles. The summed E-state index contributed by atoms with van der Waals surface area (Å²) in [6.45, 7) is 12.0. The van der Waals surface area contributed by atoms with E-state index in [4.69, 9.17) is 4.98 Å². The van der Waals surface area contributed by atoms with E-state index in [0.717, 1.165) is 94.3 Å². The largest absolute Gasteiger partial charge is 0.366 e. The average Bonchev–Trinajstić information content (AvgIpc) is 3.16. The summed E-state index contributed by atoms with van der Waals surface area (Å²) >= 11 is 0. The van der Waals surface area contributed by atoms with Crippen molar-refractivity contribution in [3.63, 3.8) is 0 Å². The number of nitrogens with one attached hydrogen (secondary N) is 1. The van der Waals surface area contributed by atoms with Crippen LogP contribution in [0.5, 0.6) is 0 Å². The summed E-state index contributed by atoms with van der Waals surface area (Å²) < 4.78 is 2.28. The van der Waals surface area contributed by atoms with Gasteiger partial charge in [0.05, 0.1) is 5.92 Å². The molecule has 2 fully saturated rings. The SMILES string of the molecule is Cc1cccc(N2CCN(CCCNC(=O)[C@H]3CCCN(c4ncnc5c4nc4n5CCCCC4)C3)C[C@@H]2C)c1. The third kappa shape index (κ3) is 5.80. The Morgan fingerprint density at radius 2 is 1.98 bits per heavy atom. The molecule has 6 rings (SSSR count). The summed E-state index contributed by atoms with van der Waals surface area (Å²) in [5.41, 5.74) is 4.48. The Bertz CT molecular complexity index is 1320. The van der Waals surface area contributed by atoms with Crippen LogP contribution in [0.4, 0.5) is 11.5 Å². The summed E-state index contributed by atoms with van der Waals surface area (Å²) in [6, 6.07) is 9.29. The van der Waals surface area contributed by atoms with Crippen molar-refractivity contribution >= 4 is 28.6 Å². The Hall–Kier alpha value is -3.20. The van der Waals surface area contributed by atoms with Crippen LogP contribution in [-0.2, 0) is 17.8 Å². The monoisotopic (exact) mass is 544 g/mol. The summed E-state index contributed by atoms with van der Waals surface area (Å²) in [6.07, 6.45) is 9.16. The number of aromatic nitrogens is 4. The first-order valence-corrected chi connectivity index (χ1v) is 15.4. The Balaban J connectivity index is 0.988. The fourth-order valence-electron chi connectivity index (χ4n) is 6.83. The molecule has 5 heterocycles. The van der Waals surface area contributed by atoms with E-state index in [2.05, 4.69) is 72.7 Å². The molecule has 2 saturated heterocycles. The minimum Gasteiger partial charge on any atom is -0.366 e. The van der Waals surface area contributed by atoms with Crippen molar-refractivity contribution in [1.82, 2.24) is 29.7 Å². The van der Waals surface area contributed by atoms with Gasteiger partial charge in [-0.25, -0.2) is 15.0 Å². The number of imidazole rings is 1. The predicted octanol–water partition coefficient (Wildman–Crippen LogP) is 3.79. The van der Waals surface area contributed by atoms with Crippen molar-refractivity contribution in [2.45, 2.75) is 71.4 Å². The molecule has 0 aliphatic carbocycles. The molecular weight excluding hydrogens is 500 g/mol. The topological polar surface area (TPSA) is 82.4 Å². The van der Waals surface area contributed by atoms with Gasteiger partial charge in [-0.05, 0) is 70.2 Å². The molecule has 2 aromatic heterocycles. The Kier molecular flexibility index (Phi) is 8.18. The van der Waals surface area contributed by atoms with Crippen LogP contribution in [0.15, 0.2) is 30.6 Å². The van der Waals surface area contributed by atoms with Gasteiger partial charge in [0, 0.05) is 64.0 Å². The third-order valence-electron chi connectivity index (χ3n) is 8.96. The third-order valence-corrected chi connectivity index (χ3v) is 8.96. The van der Waals surface area contributed by atoms with Crippen LogP contribution in [-0.4, -0.2) is 82.2 Å². The maximum absolute atomic E-state index is 13.2. The number of fused-ring (bicyclic) bond motifs is 3. The molecule has 3 aliphatic heterocycles. The van der Waals surface area contributed by atoms with Crippen LogP contribution in [0, 0.1) is 12.8 Å². The quantitative estimate of drug-likeness (QED) is 0.453. The fraction of sp³-hybridized carbons (Fsp3) is 0.613. The highest BCUT2D eigenvalue weighted by Gasteiger charge is 2.29. The highest BCUT2D eigenvalue weighted by Crippen LogP contribution is 2.29. The molecule has 214 valence electrons. The number of amides is 1. The number of aryl methyl sites for hydroxylation is 3. The zero-order valence-electron chi connectivity index (χ0n) is 24.2. The molecular formula is C31H44N8O. The lowest BCUT2D eigenvalue weighted by molar-refractivity contribution is -0.125. The second kappa shape index (κ2) is 12.1. The van der Waals surface area contributed by atoms with Gasteiger partial charge < -0.3 is 19.7 Å².